The second-order valence-electron chi connectivity index (χ2n) is 3.04. The van der Waals surface area contributed by atoms with Crippen molar-refractivity contribution in [3.05, 3.63) is 5.82 Å². The molecule has 0 atom stereocenters. The standard InChI is InChI=1S/C6H10ClN5O/c1-6(2,8-4(13)3-7)5-9-11-12-10-5/h3H2,1-2H3,(H,8,13)(H,9,10,11,12). The van der Waals surface area contributed by atoms with Crippen molar-refractivity contribution in [2.75, 3.05) is 5.88 Å². The first-order chi connectivity index (χ1) is 6.06. The van der Waals surface area contributed by atoms with E-state index in [1.165, 1.54) is 0 Å². The molecule has 0 aliphatic heterocycles. The highest BCUT2D eigenvalue weighted by molar-refractivity contribution is 6.27. The summed E-state index contributed by atoms with van der Waals surface area (Å²) in [6.07, 6.45) is 0. The predicted molar refractivity (Wildman–Crippen MR) is 46.1 cm³/mol. The summed E-state index contributed by atoms with van der Waals surface area (Å²) in [5.74, 6) is 0.0730. The highest BCUT2D eigenvalue weighted by Gasteiger charge is 2.26. The lowest BCUT2D eigenvalue weighted by atomic mass is 10.1. The third-order valence-corrected chi connectivity index (χ3v) is 1.72. The highest BCUT2D eigenvalue weighted by Crippen LogP contribution is 2.13. The first-order valence-electron chi connectivity index (χ1n) is 3.67. The molecule has 0 aromatic carbocycles. The third-order valence-electron chi connectivity index (χ3n) is 1.48. The molecule has 0 bridgehead atoms. The number of hydrogen-bond donors (Lipinski definition) is 2. The van der Waals surface area contributed by atoms with E-state index in [1.54, 1.807) is 13.8 Å². The number of aromatic nitrogens is 4. The van der Waals surface area contributed by atoms with Gasteiger partial charge in [0.2, 0.25) is 5.91 Å². The number of tetrazole rings is 1. The lowest BCUT2D eigenvalue weighted by Gasteiger charge is -2.21. The molecule has 7 heteroatoms. The molecule has 0 spiro atoms. The summed E-state index contributed by atoms with van der Waals surface area (Å²) in [4.78, 5) is 11.0. The number of carbonyl (C=O) groups is 1. The number of halogens is 1. The van der Waals surface area contributed by atoms with Crippen molar-refractivity contribution in [2.45, 2.75) is 19.4 Å². The second kappa shape index (κ2) is 3.69. The van der Waals surface area contributed by atoms with Gasteiger partial charge < -0.3 is 5.32 Å². The van der Waals surface area contributed by atoms with Crippen molar-refractivity contribution < 1.29 is 4.79 Å². The fourth-order valence-corrected chi connectivity index (χ4v) is 0.931. The molecule has 1 amide bonds. The van der Waals surface area contributed by atoms with E-state index in [-0.39, 0.29) is 11.8 Å². The minimum absolute atomic E-state index is 0.0821. The molecule has 6 nitrogen and oxygen atoms in total. The first-order valence-corrected chi connectivity index (χ1v) is 4.20. The number of rotatable bonds is 3. The Kier molecular flexibility index (Phi) is 2.82. The minimum Gasteiger partial charge on any atom is -0.343 e. The van der Waals surface area contributed by atoms with Gasteiger partial charge in [0.15, 0.2) is 5.82 Å². The van der Waals surface area contributed by atoms with E-state index in [0.717, 1.165) is 0 Å². The summed E-state index contributed by atoms with van der Waals surface area (Å²) in [6, 6.07) is 0. The Labute approximate surface area is 80.0 Å². The molecule has 13 heavy (non-hydrogen) atoms. The number of nitrogens with zero attached hydrogens (tertiary/aromatic N) is 3. The van der Waals surface area contributed by atoms with E-state index < -0.39 is 5.54 Å². The van der Waals surface area contributed by atoms with Crippen LogP contribution in [0.15, 0.2) is 0 Å². The molecule has 0 saturated heterocycles. The minimum atomic E-state index is -0.654. The summed E-state index contributed by atoms with van der Waals surface area (Å²) in [7, 11) is 0. The molecule has 72 valence electrons. The molecule has 0 saturated carbocycles. The van der Waals surface area contributed by atoms with Gasteiger partial charge in [-0.25, -0.2) is 0 Å². The maximum Gasteiger partial charge on any atom is 0.235 e. The number of alkyl halides is 1. The average Bonchev–Trinajstić information content (AvgIpc) is 2.55. The molecule has 0 radical (unpaired) electrons. The fraction of sp³-hybridized carbons (Fsp3) is 0.667. The Morgan fingerprint density at radius 1 is 1.69 bits per heavy atom. The lowest BCUT2D eigenvalue weighted by molar-refractivity contribution is -0.120. The fourth-order valence-electron chi connectivity index (χ4n) is 0.864. The van der Waals surface area contributed by atoms with Crippen molar-refractivity contribution >= 4 is 17.5 Å². The summed E-state index contributed by atoms with van der Waals surface area (Å²) in [5.41, 5.74) is -0.654. The largest absolute Gasteiger partial charge is 0.343 e. The van der Waals surface area contributed by atoms with Gasteiger partial charge in [-0.05, 0) is 13.8 Å². The maximum absolute atomic E-state index is 11.0. The van der Waals surface area contributed by atoms with Crippen LogP contribution in [0, 0.1) is 0 Å². The number of amides is 1. The van der Waals surface area contributed by atoms with Crippen LogP contribution in [0.1, 0.15) is 19.7 Å². The Balaban J connectivity index is 2.72. The molecule has 1 aromatic rings. The van der Waals surface area contributed by atoms with Crippen LogP contribution in [-0.2, 0) is 10.3 Å². The monoisotopic (exact) mass is 203 g/mol. The number of nitrogens with one attached hydrogen (secondary N) is 2. The van der Waals surface area contributed by atoms with E-state index in [0.29, 0.717) is 5.82 Å². The summed E-state index contributed by atoms with van der Waals surface area (Å²) < 4.78 is 0. The number of H-pyrrole nitrogens is 1. The van der Waals surface area contributed by atoms with E-state index in [2.05, 4.69) is 25.9 Å². The zero-order valence-corrected chi connectivity index (χ0v) is 8.09. The Bertz CT molecular complexity index is 283. The summed E-state index contributed by atoms with van der Waals surface area (Å²) in [5, 5.41) is 15.9. The van der Waals surface area contributed by atoms with Gasteiger partial charge >= 0.3 is 0 Å². The number of aromatic amines is 1. The van der Waals surface area contributed by atoms with E-state index in [4.69, 9.17) is 11.6 Å². The summed E-state index contributed by atoms with van der Waals surface area (Å²) in [6.45, 7) is 3.53. The molecular formula is C6H10ClN5O. The molecule has 1 aromatic heterocycles. The number of hydrogen-bond acceptors (Lipinski definition) is 4. The topological polar surface area (TPSA) is 83.6 Å². The predicted octanol–water partition coefficient (Wildman–Crippen LogP) is -0.210. The molecule has 1 rings (SSSR count). The first kappa shape index (κ1) is 9.91. The SMILES string of the molecule is CC(C)(NC(=O)CCl)c1nn[nH]n1. The van der Waals surface area contributed by atoms with Crippen molar-refractivity contribution in [3.8, 4) is 0 Å². The maximum atomic E-state index is 11.0. The average molecular weight is 204 g/mol. The van der Waals surface area contributed by atoms with Crippen molar-refractivity contribution in [1.29, 1.82) is 0 Å². The highest BCUT2D eigenvalue weighted by atomic mass is 35.5. The molecule has 0 fully saturated rings. The third kappa shape index (κ3) is 2.38. The van der Waals surface area contributed by atoms with E-state index >= 15 is 0 Å². The van der Waals surface area contributed by atoms with Crippen LogP contribution in [0.25, 0.3) is 0 Å². The van der Waals surface area contributed by atoms with E-state index in [9.17, 15) is 4.79 Å². The Morgan fingerprint density at radius 2 is 2.38 bits per heavy atom. The van der Waals surface area contributed by atoms with Gasteiger partial charge in [-0.2, -0.15) is 5.21 Å². The molecule has 0 aliphatic carbocycles. The van der Waals surface area contributed by atoms with Crippen LogP contribution in [0.5, 0.6) is 0 Å². The summed E-state index contributed by atoms with van der Waals surface area (Å²) >= 11 is 5.34. The smallest absolute Gasteiger partial charge is 0.235 e. The van der Waals surface area contributed by atoms with Crippen molar-refractivity contribution in [2.24, 2.45) is 0 Å². The van der Waals surface area contributed by atoms with Gasteiger partial charge in [-0.15, -0.1) is 21.8 Å². The Hall–Kier alpha value is -1.17. The van der Waals surface area contributed by atoms with Gasteiger partial charge in [-0.1, -0.05) is 5.21 Å². The zero-order chi connectivity index (χ0) is 9.90. The van der Waals surface area contributed by atoms with Crippen molar-refractivity contribution in [1.82, 2.24) is 25.9 Å². The normalized spacial score (nSPS) is 11.3. The quantitative estimate of drug-likeness (QED) is 0.666. The molecular weight excluding hydrogens is 194 g/mol. The van der Waals surface area contributed by atoms with Gasteiger partial charge in [0.05, 0.1) is 5.54 Å². The van der Waals surface area contributed by atoms with Gasteiger partial charge in [-0.3, -0.25) is 4.79 Å². The molecule has 0 aliphatic rings. The molecule has 1 heterocycles. The molecule has 2 N–H and O–H groups in total. The Morgan fingerprint density at radius 3 is 2.85 bits per heavy atom. The molecule has 0 unspecified atom stereocenters. The van der Waals surface area contributed by atoms with Crippen LogP contribution < -0.4 is 5.32 Å². The zero-order valence-electron chi connectivity index (χ0n) is 7.33. The van der Waals surface area contributed by atoms with Crippen LogP contribution in [-0.4, -0.2) is 32.4 Å². The van der Waals surface area contributed by atoms with Gasteiger partial charge in [0, 0.05) is 0 Å². The van der Waals surface area contributed by atoms with Gasteiger partial charge in [0.1, 0.15) is 5.88 Å². The van der Waals surface area contributed by atoms with Gasteiger partial charge in [0.25, 0.3) is 0 Å². The van der Waals surface area contributed by atoms with Crippen LogP contribution in [0.3, 0.4) is 0 Å². The van der Waals surface area contributed by atoms with Crippen LogP contribution >= 0.6 is 11.6 Å². The number of carbonyl (C=O) groups excluding carboxylic acids is 1. The van der Waals surface area contributed by atoms with Crippen LogP contribution in [0.2, 0.25) is 0 Å². The van der Waals surface area contributed by atoms with Crippen molar-refractivity contribution in [3.63, 3.8) is 0 Å². The van der Waals surface area contributed by atoms with E-state index in [1.807, 2.05) is 0 Å². The second-order valence-corrected chi connectivity index (χ2v) is 3.31. The lowest BCUT2D eigenvalue weighted by Crippen LogP contribution is -2.42. The van der Waals surface area contributed by atoms with Crippen LogP contribution in [0.4, 0.5) is 0 Å².